The Balaban J connectivity index is 2.12. The van der Waals surface area contributed by atoms with Gasteiger partial charge in [0, 0.05) is 35.4 Å². The molecule has 1 aliphatic rings. The van der Waals surface area contributed by atoms with E-state index in [0.29, 0.717) is 45.5 Å². The van der Waals surface area contributed by atoms with Crippen molar-refractivity contribution in [2.75, 3.05) is 12.8 Å². The van der Waals surface area contributed by atoms with Crippen LogP contribution < -0.4 is 0 Å². The number of amides is 1. The van der Waals surface area contributed by atoms with Crippen LogP contribution in [-0.2, 0) is 27.5 Å². The molecule has 0 aliphatic carbocycles. The largest absolute Gasteiger partial charge is 0.444 e. The molecule has 2 heterocycles. The van der Waals surface area contributed by atoms with Crippen LogP contribution in [0.15, 0.2) is 23.4 Å². The maximum absolute atomic E-state index is 12.5. The Morgan fingerprint density at radius 3 is 2.48 bits per heavy atom. The van der Waals surface area contributed by atoms with Crippen LogP contribution >= 0.6 is 23.2 Å². The minimum atomic E-state index is -3.64. The Hall–Kier alpha value is -1.90. The van der Waals surface area contributed by atoms with Crippen molar-refractivity contribution in [1.82, 2.24) is 14.9 Å². The lowest BCUT2D eigenvalue weighted by Crippen LogP contribution is -2.40. The molecule has 1 aromatic heterocycles. The number of ether oxygens (including phenoxy) is 1. The van der Waals surface area contributed by atoms with Crippen molar-refractivity contribution in [1.29, 1.82) is 0 Å². The number of aromatic nitrogens is 2. The standard InChI is InChI=1S/C19H21Cl2N3O4S/c1-19(2,3)28-18(25)24-8-7-15-13(10-24)16(23-17(22-15)29(4,26)27)12-6-5-11(20)9-14(12)21/h5-6,9H,7-8,10H2,1-4H3. The van der Waals surface area contributed by atoms with Crippen molar-refractivity contribution in [2.45, 2.75) is 44.5 Å². The second-order valence-corrected chi connectivity index (χ2v) is 10.6. The predicted octanol–water partition coefficient (Wildman–Crippen LogP) is 4.15. The summed E-state index contributed by atoms with van der Waals surface area (Å²) in [6, 6.07) is 4.87. The van der Waals surface area contributed by atoms with Gasteiger partial charge in [-0.1, -0.05) is 23.2 Å². The third kappa shape index (κ3) is 4.99. The summed E-state index contributed by atoms with van der Waals surface area (Å²) in [5.41, 5.74) is 1.46. The van der Waals surface area contributed by atoms with Gasteiger partial charge >= 0.3 is 6.09 Å². The summed E-state index contributed by atoms with van der Waals surface area (Å²) in [6.45, 7) is 5.92. The van der Waals surface area contributed by atoms with Gasteiger partial charge in [-0.05, 0) is 39.0 Å². The number of rotatable bonds is 2. The number of fused-ring (bicyclic) bond motifs is 1. The third-order valence-corrected chi connectivity index (χ3v) is 5.60. The molecule has 1 aromatic carbocycles. The third-order valence-electron chi connectivity index (χ3n) is 4.21. The molecular formula is C19H21Cl2N3O4S. The van der Waals surface area contributed by atoms with Crippen molar-refractivity contribution in [2.24, 2.45) is 0 Å². The number of nitrogens with zero attached hydrogens (tertiary/aromatic N) is 3. The summed E-state index contributed by atoms with van der Waals surface area (Å²) in [4.78, 5) is 22.6. The Bertz CT molecular complexity index is 1080. The minimum Gasteiger partial charge on any atom is -0.444 e. The van der Waals surface area contributed by atoms with Crippen LogP contribution in [0, 0.1) is 0 Å². The summed E-state index contributed by atoms with van der Waals surface area (Å²) >= 11 is 12.4. The Morgan fingerprint density at radius 2 is 1.90 bits per heavy atom. The maximum atomic E-state index is 12.5. The van der Waals surface area contributed by atoms with E-state index in [0.717, 1.165) is 6.26 Å². The van der Waals surface area contributed by atoms with E-state index in [1.807, 2.05) is 0 Å². The zero-order chi connectivity index (χ0) is 21.6. The number of benzene rings is 1. The van der Waals surface area contributed by atoms with E-state index in [-0.39, 0.29) is 11.7 Å². The first-order valence-electron chi connectivity index (χ1n) is 8.88. The van der Waals surface area contributed by atoms with Crippen molar-refractivity contribution < 1.29 is 17.9 Å². The van der Waals surface area contributed by atoms with Gasteiger partial charge in [0.25, 0.3) is 0 Å². The first-order valence-corrected chi connectivity index (χ1v) is 11.5. The molecule has 0 N–H and O–H groups in total. The van der Waals surface area contributed by atoms with Gasteiger partial charge in [0.05, 0.1) is 23.0 Å². The summed E-state index contributed by atoms with van der Waals surface area (Å²) in [6.07, 6.45) is 0.971. The van der Waals surface area contributed by atoms with Gasteiger partial charge in [-0.25, -0.2) is 23.2 Å². The molecule has 0 atom stereocenters. The average Bonchev–Trinajstić information content (AvgIpc) is 2.58. The second-order valence-electron chi connectivity index (χ2n) is 7.83. The van der Waals surface area contributed by atoms with Crippen LogP contribution in [-0.4, -0.2) is 47.8 Å². The Morgan fingerprint density at radius 1 is 1.21 bits per heavy atom. The molecule has 7 nitrogen and oxygen atoms in total. The lowest BCUT2D eigenvalue weighted by molar-refractivity contribution is 0.0222. The quantitative estimate of drug-likeness (QED) is 0.629. The molecule has 0 radical (unpaired) electrons. The lowest BCUT2D eigenvalue weighted by atomic mass is 9.99. The molecule has 10 heteroatoms. The van der Waals surface area contributed by atoms with E-state index in [2.05, 4.69) is 9.97 Å². The van der Waals surface area contributed by atoms with Gasteiger partial charge in [0.15, 0.2) is 0 Å². The molecule has 2 aromatic rings. The van der Waals surface area contributed by atoms with Gasteiger partial charge in [-0.2, -0.15) is 0 Å². The molecule has 0 bridgehead atoms. The van der Waals surface area contributed by atoms with Crippen molar-refractivity contribution in [3.8, 4) is 11.3 Å². The summed E-state index contributed by atoms with van der Waals surface area (Å²) < 4.78 is 29.7. The predicted molar refractivity (Wildman–Crippen MR) is 111 cm³/mol. The minimum absolute atomic E-state index is 0.183. The van der Waals surface area contributed by atoms with E-state index < -0.39 is 21.5 Å². The van der Waals surface area contributed by atoms with Gasteiger partial charge < -0.3 is 9.64 Å². The highest BCUT2D eigenvalue weighted by Crippen LogP contribution is 2.35. The highest BCUT2D eigenvalue weighted by molar-refractivity contribution is 7.90. The molecule has 0 saturated heterocycles. The van der Waals surface area contributed by atoms with E-state index in [1.54, 1.807) is 43.9 Å². The molecule has 29 heavy (non-hydrogen) atoms. The fourth-order valence-electron chi connectivity index (χ4n) is 2.94. The lowest BCUT2D eigenvalue weighted by Gasteiger charge is -2.31. The molecule has 0 saturated carbocycles. The average molecular weight is 458 g/mol. The summed E-state index contributed by atoms with van der Waals surface area (Å²) in [5.74, 6) is 0. The van der Waals surface area contributed by atoms with E-state index >= 15 is 0 Å². The van der Waals surface area contributed by atoms with Crippen LogP contribution in [0.2, 0.25) is 10.0 Å². The normalized spacial score (nSPS) is 14.5. The highest BCUT2D eigenvalue weighted by Gasteiger charge is 2.30. The molecule has 0 fully saturated rings. The van der Waals surface area contributed by atoms with Crippen molar-refractivity contribution in [3.63, 3.8) is 0 Å². The van der Waals surface area contributed by atoms with Crippen LogP contribution in [0.3, 0.4) is 0 Å². The van der Waals surface area contributed by atoms with Gasteiger partial charge in [-0.3, -0.25) is 0 Å². The van der Waals surface area contributed by atoms with Crippen LogP contribution in [0.4, 0.5) is 4.79 Å². The Labute approximate surface area is 179 Å². The second kappa shape index (κ2) is 7.74. The van der Waals surface area contributed by atoms with E-state index in [1.165, 1.54) is 0 Å². The zero-order valence-corrected chi connectivity index (χ0v) is 18.8. The van der Waals surface area contributed by atoms with Crippen molar-refractivity contribution in [3.05, 3.63) is 39.5 Å². The van der Waals surface area contributed by atoms with Gasteiger partial charge in [0.1, 0.15) is 5.60 Å². The van der Waals surface area contributed by atoms with Gasteiger partial charge in [0.2, 0.25) is 15.0 Å². The van der Waals surface area contributed by atoms with Crippen LogP contribution in [0.5, 0.6) is 0 Å². The first kappa shape index (κ1) is 21.8. The molecule has 0 spiro atoms. The molecule has 1 amide bonds. The fraction of sp³-hybridized carbons (Fsp3) is 0.421. The molecule has 0 unspecified atom stereocenters. The number of hydrogen-bond donors (Lipinski definition) is 0. The van der Waals surface area contributed by atoms with Crippen LogP contribution in [0.25, 0.3) is 11.3 Å². The Kier molecular flexibility index (Phi) is 5.82. The fourth-order valence-corrected chi connectivity index (χ4v) is 3.98. The van der Waals surface area contributed by atoms with Crippen LogP contribution in [0.1, 0.15) is 32.0 Å². The van der Waals surface area contributed by atoms with Gasteiger partial charge in [-0.15, -0.1) is 0 Å². The molecule has 1 aliphatic heterocycles. The SMILES string of the molecule is CC(C)(C)OC(=O)N1CCc2nc(S(C)(=O)=O)nc(-c3ccc(Cl)cc3Cl)c2C1. The topological polar surface area (TPSA) is 89.5 Å². The number of halogens is 2. The van der Waals surface area contributed by atoms with Crippen molar-refractivity contribution >= 4 is 39.1 Å². The number of carbonyl (C=O) groups excluding carboxylic acids is 1. The molecule has 156 valence electrons. The maximum Gasteiger partial charge on any atom is 0.410 e. The highest BCUT2D eigenvalue weighted by atomic mass is 35.5. The summed E-state index contributed by atoms with van der Waals surface area (Å²) in [7, 11) is -3.64. The summed E-state index contributed by atoms with van der Waals surface area (Å²) in [5, 5.41) is 0.496. The van der Waals surface area contributed by atoms with E-state index in [4.69, 9.17) is 27.9 Å². The first-order chi connectivity index (χ1) is 13.3. The zero-order valence-electron chi connectivity index (χ0n) is 16.5. The molecular weight excluding hydrogens is 437 g/mol. The van der Waals surface area contributed by atoms with E-state index in [9.17, 15) is 13.2 Å². The monoisotopic (exact) mass is 457 g/mol. The number of sulfone groups is 1. The number of hydrogen-bond acceptors (Lipinski definition) is 6. The smallest absolute Gasteiger partial charge is 0.410 e. The number of carbonyl (C=O) groups is 1. The molecule has 3 rings (SSSR count).